The van der Waals surface area contributed by atoms with E-state index in [4.69, 9.17) is 0 Å². The first-order chi connectivity index (χ1) is 12.1. The van der Waals surface area contributed by atoms with Crippen LogP contribution in [0.5, 0.6) is 0 Å². The van der Waals surface area contributed by atoms with E-state index in [2.05, 4.69) is 22.1 Å². The Balaban J connectivity index is 1.59. The highest BCUT2D eigenvalue weighted by molar-refractivity contribution is 5.93. The van der Waals surface area contributed by atoms with Crippen LogP contribution < -0.4 is 0 Å². The summed E-state index contributed by atoms with van der Waals surface area (Å²) >= 11 is 0. The lowest BCUT2D eigenvalue weighted by Gasteiger charge is -2.32. The molecular formula is C19H25N5O. The highest BCUT2D eigenvalue weighted by atomic mass is 16.2. The Bertz CT molecular complexity index is 756. The van der Waals surface area contributed by atoms with Gasteiger partial charge in [0.25, 0.3) is 5.91 Å². The molecule has 2 aliphatic heterocycles. The van der Waals surface area contributed by atoms with Gasteiger partial charge >= 0.3 is 0 Å². The Morgan fingerprint density at radius 1 is 1.04 bits per heavy atom. The minimum atomic E-state index is 0.0301. The number of likely N-dealkylation sites (tertiary alicyclic amines) is 2. The van der Waals surface area contributed by atoms with Gasteiger partial charge in [0.2, 0.25) is 0 Å². The zero-order valence-corrected chi connectivity index (χ0v) is 14.9. The van der Waals surface area contributed by atoms with Crippen molar-refractivity contribution in [2.75, 3.05) is 20.1 Å². The molecule has 0 N–H and O–H groups in total. The maximum Gasteiger partial charge on any atom is 0.276 e. The van der Waals surface area contributed by atoms with Gasteiger partial charge in [0.05, 0.1) is 11.4 Å². The number of benzene rings is 1. The molecule has 0 aliphatic carbocycles. The number of likely N-dealkylation sites (N-methyl/N-ethyl adjacent to an activating group) is 1. The van der Waals surface area contributed by atoms with Crippen LogP contribution in [-0.4, -0.2) is 62.9 Å². The van der Waals surface area contributed by atoms with Crippen LogP contribution in [0.15, 0.2) is 30.3 Å². The van der Waals surface area contributed by atoms with Crippen LogP contribution in [0.25, 0.3) is 5.69 Å². The summed E-state index contributed by atoms with van der Waals surface area (Å²) in [5.74, 6) is 0.0301. The summed E-state index contributed by atoms with van der Waals surface area (Å²) in [6, 6.07) is 10.5. The van der Waals surface area contributed by atoms with E-state index in [9.17, 15) is 4.79 Å². The highest BCUT2D eigenvalue weighted by Gasteiger charge is 2.39. The van der Waals surface area contributed by atoms with Crippen LogP contribution in [0.3, 0.4) is 0 Å². The van der Waals surface area contributed by atoms with Crippen molar-refractivity contribution < 1.29 is 4.79 Å². The van der Waals surface area contributed by atoms with Crippen molar-refractivity contribution in [1.82, 2.24) is 24.8 Å². The van der Waals surface area contributed by atoms with Crippen LogP contribution in [0.2, 0.25) is 0 Å². The zero-order valence-electron chi connectivity index (χ0n) is 14.9. The molecule has 1 aromatic carbocycles. The van der Waals surface area contributed by atoms with Crippen LogP contribution >= 0.6 is 0 Å². The van der Waals surface area contributed by atoms with Gasteiger partial charge in [0.15, 0.2) is 5.69 Å². The molecule has 2 saturated heterocycles. The van der Waals surface area contributed by atoms with Crippen molar-refractivity contribution in [3.05, 3.63) is 41.7 Å². The predicted molar refractivity (Wildman–Crippen MR) is 95.8 cm³/mol. The fraction of sp³-hybridized carbons (Fsp3) is 0.526. The minimum absolute atomic E-state index is 0.0301. The second-order valence-electron chi connectivity index (χ2n) is 7.16. The molecule has 0 radical (unpaired) electrons. The van der Waals surface area contributed by atoms with Crippen LogP contribution in [0, 0.1) is 6.92 Å². The van der Waals surface area contributed by atoms with E-state index in [1.165, 1.54) is 12.8 Å². The second-order valence-corrected chi connectivity index (χ2v) is 7.16. The Morgan fingerprint density at radius 2 is 1.76 bits per heavy atom. The summed E-state index contributed by atoms with van der Waals surface area (Å²) in [4.78, 5) is 19.2. The lowest BCUT2D eigenvalue weighted by Crippen LogP contribution is -2.47. The van der Waals surface area contributed by atoms with Crippen molar-refractivity contribution in [2.24, 2.45) is 0 Å². The first-order valence-electron chi connectivity index (χ1n) is 9.16. The molecule has 132 valence electrons. The number of amides is 1. The van der Waals surface area contributed by atoms with E-state index in [-0.39, 0.29) is 5.91 Å². The third kappa shape index (κ3) is 2.95. The van der Waals surface area contributed by atoms with Crippen LogP contribution in [0.1, 0.15) is 41.9 Å². The Labute approximate surface area is 148 Å². The summed E-state index contributed by atoms with van der Waals surface area (Å²) in [7, 11) is 2.18. The molecule has 1 aromatic heterocycles. The third-order valence-electron chi connectivity index (χ3n) is 5.55. The summed E-state index contributed by atoms with van der Waals surface area (Å²) < 4.78 is 0. The van der Waals surface area contributed by atoms with Gasteiger partial charge in [-0.1, -0.05) is 18.2 Å². The van der Waals surface area contributed by atoms with E-state index in [1.54, 1.807) is 4.80 Å². The van der Waals surface area contributed by atoms with Gasteiger partial charge in [0, 0.05) is 18.6 Å². The molecule has 1 amide bonds. The maximum atomic E-state index is 13.2. The Hall–Kier alpha value is -2.21. The SMILES string of the molecule is Cc1nn(-c2ccccc2)nc1C(=O)N1CCC[C@H]1[C@H]1CCCN1C. The van der Waals surface area contributed by atoms with Gasteiger partial charge in [-0.25, -0.2) is 0 Å². The smallest absolute Gasteiger partial charge is 0.276 e. The Morgan fingerprint density at radius 3 is 2.48 bits per heavy atom. The molecule has 4 rings (SSSR count). The van der Waals surface area contributed by atoms with Crippen molar-refractivity contribution in [1.29, 1.82) is 0 Å². The quantitative estimate of drug-likeness (QED) is 0.861. The molecule has 2 aliphatic rings. The largest absolute Gasteiger partial charge is 0.333 e. The zero-order chi connectivity index (χ0) is 17.4. The van der Waals surface area contributed by atoms with E-state index >= 15 is 0 Å². The fourth-order valence-corrected chi connectivity index (χ4v) is 4.26. The first-order valence-corrected chi connectivity index (χ1v) is 9.16. The second kappa shape index (κ2) is 6.59. The topological polar surface area (TPSA) is 54.3 Å². The van der Waals surface area contributed by atoms with E-state index in [1.807, 2.05) is 42.2 Å². The lowest BCUT2D eigenvalue weighted by atomic mass is 10.0. The predicted octanol–water partition coefficient (Wildman–Crippen LogP) is 2.27. The molecule has 0 spiro atoms. The molecule has 0 bridgehead atoms. The fourth-order valence-electron chi connectivity index (χ4n) is 4.26. The highest BCUT2D eigenvalue weighted by Crippen LogP contribution is 2.30. The van der Waals surface area contributed by atoms with Crippen LogP contribution in [-0.2, 0) is 0 Å². The van der Waals surface area contributed by atoms with Gasteiger partial charge in [-0.3, -0.25) is 4.79 Å². The summed E-state index contributed by atoms with van der Waals surface area (Å²) in [6.07, 6.45) is 4.57. The van der Waals surface area contributed by atoms with Gasteiger partial charge in [-0.2, -0.15) is 9.90 Å². The van der Waals surface area contributed by atoms with Crippen molar-refractivity contribution in [3.63, 3.8) is 0 Å². The molecule has 2 aromatic rings. The number of nitrogens with zero attached hydrogens (tertiary/aromatic N) is 5. The van der Waals surface area contributed by atoms with Gasteiger partial charge in [0.1, 0.15) is 0 Å². The van der Waals surface area contributed by atoms with E-state index in [0.717, 1.165) is 31.6 Å². The first kappa shape index (κ1) is 16.3. The molecule has 0 saturated carbocycles. The molecule has 25 heavy (non-hydrogen) atoms. The average Bonchev–Trinajstić information content (AvgIpc) is 3.34. The number of rotatable bonds is 3. The molecule has 0 unspecified atom stereocenters. The average molecular weight is 339 g/mol. The van der Waals surface area contributed by atoms with Gasteiger partial charge in [-0.15, -0.1) is 5.10 Å². The van der Waals surface area contributed by atoms with E-state index in [0.29, 0.717) is 23.5 Å². The van der Waals surface area contributed by atoms with Crippen molar-refractivity contribution in [2.45, 2.75) is 44.7 Å². The molecule has 2 atom stereocenters. The summed E-state index contributed by atoms with van der Waals surface area (Å²) in [5, 5.41) is 8.96. The molecule has 6 heteroatoms. The number of carbonyl (C=O) groups is 1. The number of hydrogen-bond acceptors (Lipinski definition) is 4. The standard InChI is InChI=1S/C19H25N5O/c1-14-18(21-24(20-14)15-8-4-3-5-9-15)19(25)23-13-7-11-17(23)16-10-6-12-22(16)2/h3-5,8-9,16-17H,6-7,10-13H2,1-2H3/t16-,17+/m1/s1. The molecule has 2 fully saturated rings. The maximum absolute atomic E-state index is 13.2. The molecule has 3 heterocycles. The summed E-state index contributed by atoms with van der Waals surface area (Å²) in [6.45, 7) is 3.82. The minimum Gasteiger partial charge on any atom is -0.333 e. The number of aryl methyl sites for hydroxylation is 1. The van der Waals surface area contributed by atoms with E-state index < -0.39 is 0 Å². The van der Waals surface area contributed by atoms with Crippen molar-refractivity contribution in [3.8, 4) is 5.69 Å². The summed E-state index contributed by atoms with van der Waals surface area (Å²) in [5.41, 5.74) is 2.05. The lowest BCUT2D eigenvalue weighted by molar-refractivity contribution is 0.0657. The van der Waals surface area contributed by atoms with Crippen LogP contribution in [0.4, 0.5) is 0 Å². The molecule has 6 nitrogen and oxygen atoms in total. The number of para-hydroxylation sites is 1. The Kier molecular flexibility index (Phi) is 4.29. The van der Waals surface area contributed by atoms with Crippen molar-refractivity contribution >= 4 is 5.91 Å². The monoisotopic (exact) mass is 339 g/mol. The number of hydrogen-bond donors (Lipinski definition) is 0. The number of carbonyl (C=O) groups excluding carboxylic acids is 1. The van der Waals surface area contributed by atoms with Gasteiger partial charge < -0.3 is 9.80 Å². The van der Waals surface area contributed by atoms with Gasteiger partial charge in [-0.05, 0) is 58.3 Å². The molecular weight excluding hydrogens is 314 g/mol. The number of aromatic nitrogens is 3. The normalized spacial score (nSPS) is 24.2. The third-order valence-corrected chi connectivity index (χ3v) is 5.55.